The molecule has 0 bridgehead atoms. The Morgan fingerprint density at radius 3 is 2.60 bits per heavy atom. The molecule has 0 radical (unpaired) electrons. The lowest BCUT2D eigenvalue weighted by Gasteiger charge is -2.15. The molecule has 0 saturated heterocycles. The quantitative estimate of drug-likeness (QED) is 0.774. The molecule has 4 heteroatoms. The van der Waals surface area contributed by atoms with Gasteiger partial charge in [-0.3, -0.25) is 0 Å². The third-order valence-electron chi connectivity index (χ3n) is 3.46. The molecule has 15 heavy (non-hydrogen) atoms. The second-order valence-electron chi connectivity index (χ2n) is 4.57. The van der Waals surface area contributed by atoms with Crippen LogP contribution in [-0.4, -0.2) is 14.8 Å². The van der Waals surface area contributed by atoms with Gasteiger partial charge in [0, 0.05) is 13.0 Å². The van der Waals surface area contributed by atoms with Gasteiger partial charge in [-0.15, -0.1) is 10.2 Å². The first-order chi connectivity index (χ1) is 7.21. The maximum Gasteiger partial charge on any atom is 0.225 e. The lowest BCUT2D eigenvalue weighted by Crippen LogP contribution is -2.13. The second-order valence-corrected chi connectivity index (χ2v) is 4.91. The molecule has 2 rings (SSSR count). The highest BCUT2D eigenvalue weighted by Gasteiger charge is 2.41. The van der Waals surface area contributed by atoms with Crippen molar-refractivity contribution >= 4 is 11.6 Å². The van der Waals surface area contributed by atoms with Crippen LogP contribution < -0.4 is 0 Å². The topological polar surface area (TPSA) is 30.7 Å². The smallest absolute Gasteiger partial charge is 0.225 e. The first-order valence-corrected chi connectivity index (χ1v) is 6.16. The van der Waals surface area contributed by atoms with E-state index < -0.39 is 0 Å². The van der Waals surface area contributed by atoms with E-state index in [9.17, 15) is 0 Å². The van der Waals surface area contributed by atoms with Gasteiger partial charge in [-0.05, 0) is 42.7 Å². The molecule has 0 aromatic carbocycles. The van der Waals surface area contributed by atoms with Crippen LogP contribution in [0.4, 0.5) is 0 Å². The molecule has 84 valence electrons. The fraction of sp³-hybridized carbons (Fsp3) is 0.818. The summed E-state index contributed by atoms with van der Waals surface area (Å²) in [4.78, 5) is 0. The van der Waals surface area contributed by atoms with E-state index in [1.807, 2.05) is 0 Å². The van der Waals surface area contributed by atoms with Gasteiger partial charge in [-0.25, -0.2) is 0 Å². The zero-order valence-corrected chi connectivity index (χ0v) is 10.2. The highest BCUT2D eigenvalue weighted by atomic mass is 35.5. The lowest BCUT2D eigenvalue weighted by atomic mass is 10.0. The van der Waals surface area contributed by atoms with Crippen LogP contribution in [0.1, 0.15) is 45.4 Å². The molecular formula is C11H18ClN3. The Hall–Kier alpha value is -0.570. The molecule has 1 aromatic rings. The van der Waals surface area contributed by atoms with Gasteiger partial charge in [-0.1, -0.05) is 13.8 Å². The number of halogens is 1. The van der Waals surface area contributed by atoms with Crippen molar-refractivity contribution in [3.05, 3.63) is 11.1 Å². The first-order valence-electron chi connectivity index (χ1n) is 5.78. The molecule has 0 unspecified atom stereocenters. The van der Waals surface area contributed by atoms with Gasteiger partial charge in [0.2, 0.25) is 5.28 Å². The summed E-state index contributed by atoms with van der Waals surface area (Å²) in [5.74, 6) is 1.04. The summed E-state index contributed by atoms with van der Waals surface area (Å²) >= 11 is 6.06. The van der Waals surface area contributed by atoms with Crippen LogP contribution in [0.25, 0.3) is 0 Å². The van der Waals surface area contributed by atoms with Gasteiger partial charge in [-0.2, -0.15) is 0 Å². The molecule has 0 aliphatic heterocycles. The Labute approximate surface area is 95.8 Å². The molecule has 1 saturated carbocycles. The van der Waals surface area contributed by atoms with E-state index in [0.29, 0.717) is 10.7 Å². The van der Waals surface area contributed by atoms with Crippen molar-refractivity contribution in [2.75, 3.05) is 0 Å². The maximum absolute atomic E-state index is 6.06. The summed E-state index contributed by atoms with van der Waals surface area (Å²) in [6, 6.07) is 0. The van der Waals surface area contributed by atoms with Crippen LogP contribution >= 0.6 is 11.6 Å². The average molecular weight is 228 g/mol. The molecular weight excluding hydrogens is 210 g/mol. The average Bonchev–Trinajstić information content (AvgIpc) is 2.94. The summed E-state index contributed by atoms with van der Waals surface area (Å²) in [6.07, 6.45) is 5.94. The molecule has 0 N–H and O–H groups in total. The molecule has 1 aliphatic carbocycles. The van der Waals surface area contributed by atoms with E-state index in [1.165, 1.54) is 19.3 Å². The summed E-state index contributed by atoms with van der Waals surface area (Å²) in [7, 11) is 0. The van der Waals surface area contributed by atoms with Crippen LogP contribution in [0, 0.1) is 5.41 Å². The molecule has 1 aromatic heterocycles. The normalized spacial score (nSPS) is 18.1. The third kappa shape index (κ3) is 2.17. The Morgan fingerprint density at radius 2 is 2.07 bits per heavy atom. The summed E-state index contributed by atoms with van der Waals surface area (Å²) < 4.78 is 2.10. The van der Waals surface area contributed by atoms with Gasteiger partial charge in [0.15, 0.2) is 0 Å². The summed E-state index contributed by atoms with van der Waals surface area (Å²) in [5, 5.41) is 8.65. The minimum atomic E-state index is 0.495. The van der Waals surface area contributed by atoms with Crippen LogP contribution in [0.5, 0.6) is 0 Å². The molecule has 0 amide bonds. The van der Waals surface area contributed by atoms with Crippen molar-refractivity contribution in [3.8, 4) is 0 Å². The number of aryl methyl sites for hydroxylation is 1. The van der Waals surface area contributed by atoms with Gasteiger partial charge < -0.3 is 4.57 Å². The highest BCUT2D eigenvalue weighted by Crippen LogP contribution is 2.50. The molecule has 0 spiro atoms. The van der Waals surface area contributed by atoms with Crippen molar-refractivity contribution < 1.29 is 0 Å². The maximum atomic E-state index is 6.06. The van der Waals surface area contributed by atoms with Crippen molar-refractivity contribution in [2.24, 2.45) is 5.41 Å². The van der Waals surface area contributed by atoms with Crippen molar-refractivity contribution in [3.63, 3.8) is 0 Å². The van der Waals surface area contributed by atoms with E-state index in [1.54, 1.807) is 0 Å². The molecule has 1 aliphatic rings. The Kier molecular flexibility index (Phi) is 3.01. The number of rotatable bonds is 5. The van der Waals surface area contributed by atoms with Crippen molar-refractivity contribution in [1.82, 2.24) is 14.8 Å². The monoisotopic (exact) mass is 227 g/mol. The fourth-order valence-corrected chi connectivity index (χ4v) is 2.21. The number of aromatic nitrogens is 3. The largest absolute Gasteiger partial charge is 0.301 e. The van der Waals surface area contributed by atoms with Crippen LogP contribution in [0.2, 0.25) is 5.28 Å². The Balaban J connectivity index is 2.15. The first kappa shape index (κ1) is 10.9. The van der Waals surface area contributed by atoms with E-state index in [2.05, 4.69) is 28.6 Å². The van der Waals surface area contributed by atoms with Gasteiger partial charge in [0.05, 0.1) is 0 Å². The molecule has 1 fully saturated rings. The zero-order chi connectivity index (χ0) is 10.9. The van der Waals surface area contributed by atoms with Gasteiger partial charge in [0.1, 0.15) is 5.82 Å². The second kappa shape index (κ2) is 4.12. The van der Waals surface area contributed by atoms with Crippen LogP contribution in [-0.2, 0) is 13.0 Å². The zero-order valence-electron chi connectivity index (χ0n) is 9.46. The minimum absolute atomic E-state index is 0.495. The molecule has 1 heterocycles. The third-order valence-corrected chi connectivity index (χ3v) is 3.74. The van der Waals surface area contributed by atoms with E-state index >= 15 is 0 Å². The summed E-state index contributed by atoms with van der Waals surface area (Å²) in [6.45, 7) is 5.41. The van der Waals surface area contributed by atoms with Crippen molar-refractivity contribution in [1.29, 1.82) is 0 Å². The van der Waals surface area contributed by atoms with Gasteiger partial charge in [0.25, 0.3) is 0 Å². The predicted molar refractivity (Wildman–Crippen MR) is 61.0 cm³/mol. The summed E-state index contributed by atoms with van der Waals surface area (Å²) in [5.41, 5.74) is 0.495. The van der Waals surface area contributed by atoms with Crippen LogP contribution in [0.3, 0.4) is 0 Å². The number of nitrogens with zero attached hydrogens (tertiary/aromatic N) is 3. The van der Waals surface area contributed by atoms with E-state index in [4.69, 9.17) is 11.6 Å². The van der Waals surface area contributed by atoms with E-state index in [0.717, 1.165) is 25.2 Å². The molecule has 3 nitrogen and oxygen atoms in total. The number of hydrogen-bond acceptors (Lipinski definition) is 2. The lowest BCUT2D eigenvalue weighted by molar-refractivity contribution is 0.400. The number of hydrogen-bond donors (Lipinski definition) is 0. The highest BCUT2D eigenvalue weighted by molar-refractivity contribution is 6.28. The molecule has 0 atom stereocenters. The standard InChI is InChI=1S/C11H18ClN3/c1-3-5-9-13-14-10(12)15(9)8-11(4-2)6-7-11/h3-8H2,1-2H3. The van der Waals surface area contributed by atoms with Crippen LogP contribution in [0.15, 0.2) is 0 Å². The SMILES string of the molecule is CCCc1nnc(Cl)n1CC1(CC)CC1. The minimum Gasteiger partial charge on any atom is -0.301 e. The predicted octanol–water partition coefficient (Wildman–Crippen LogP) is 3.07. The Bertz CT molecular complexity index is 342. The van der Waals surface area contributed by atoms with Gasteiger partial charge >= 0.3 is 0 Å². The fourth-order valence-electron chi connectivity index (χ4n) is 2.01. The van der Waals surface area contributed by atoms with Crippen molar-refractivity contribution in [2.45, 2.75) is 52.5 Å². The van der Waals surface area contributed by atoms with E-state index in [-0.39, 0.29) is 0 Å². The Morgan fingerprint density at radius 1 is 1.33 bits per heavy atom.